The van der Waals surface area contributed by atoms with Crippen molar-refractivity contribution in [2.24, 2.45) is 0 Å². The number of hydrogen-bond acceptors (Lipinski definition) is 6. The van der Waals surface area contributed by atoms with Gasteiger partial charge in [0.2, 0.25) is 5.88 Å². The first kappa shape index (κ1) is 25.2. The Hall–Kier alpha value is -4.90. The molecule has 2 aromatic heterocycles. The van der Waals surface area contributed by atoms with E-state index in [-0.39, 0.29) is 17.0 Å². The van der Waals surface area contributed by atoms with Gasteiger partial charge in [0.05, 0.1) is 6.61 Å². The molecule has 4 rings (SSSR count). The highest BCUT2D eigenvalue weighted by atomic mass is 16.5. The van der Waals surface area contributed by atoms with E-state index in [1.807, 2.05) is 52.0 Å². The lowest BCUT2D eigenvalue weighted by molar-refractivity contribution is -0.112. The summed E-state index contributed by atoms with van der Waals surface area (Å²) in [6.45, 7) is 8.10. The number of anilines is 1. The standard InChI is InChI=1S/C29H26N4O4/c1-5-36-23-11-9-22(10-12-23)31-27(34)21(17-30)16-24-28(37-25-13-8-18(2)15-20(25)4)32-26-19(3)7-6-14-33(26)29(24)35/h6-16H,5H2,1-4H3,(H,31,34). The first-order chi connectivity index (χ1) is 17.8. The van der Waals surface area contributed by atoms with Gasteiger partial charge >= 0.3 is 0 Å². The van der Waals surface area contributed by atoms with Gasteiger partial charge in [-0.05, 0) is 81.3 Å². The molecule has 37 heavy (non-hydrogen) atoms. The van der Waals surface area contributed by atoms with Crippen LogP contribution >= 0.6 is 0 Å². The Morgan fingerprint density at radius 2 is 1.86 bits per heavy atom. The van der Waals surface area contributed by atoms with E-state index in [1.54, 1.807) is 42.6 Å². The van der Waals surface area contributed by atoms with Crippen LogP contribution in [0.2, 0.25) is 0 Å². The maximum atomic E-state index is 13.5. The molecular weight excluding hydrogens is 468 g/mol. The summed E-state index contributed by atoms with van der Waals surface area (Å²) in [6, 6.07) is 17.9. The third-order valence-electron chi connectivity index (χ3n) is 5.66. The summed E-state index contributed by atoms with van der Waals surface area (Å²) >= 11 is 0. The number of nitriles is 1. The molecule has 0 aliphatic heterocycles. The zero-order valence-corrected chi connectivity index (χ0v) is 21.0. The first-order valence-electron chi connectivity index (χ1n) is 11.7. The molecular formula is C29H26N4O4. The maximum absolute atomic E-state index is 13.5. The van der Waals surface area contributed by atoms with Crippen LogP contribution in [0.4, 0.5) is 5.69 Å². The average Bonchev–Trinajstić information content (AvgIpc) is 2.87. The lowest BCUT2D eigenvalue weighted by atomic mass is 10.1. The summed E-state index contributed by atoms with van der Waals surface area (Å²) in [7, 11) is 0. The molecule has 0 saturated carbocycles. The maximum Gasteiger partial charge on any atom is 0.269 e. The number of nitrogens with one attached hydrogen (secondary N) is 1. The van der Waals surface area contributed by atoms with Crippen molar-refractivity contribution in [2.45, 2.75) is 27.7 Å². The second-order valence-electron chi connectivity index (χ2n) is 8.47. The Kier molecular flexibility index (Phi) is 7.35. The van der Waals surface area contributed by atoms with Gasteiger partial charge in [0.25, 0.3) is 11.5 Å². The van der Waals surface area contributed by atoms with E-state index in [0.29, 0.717) is 29.4 Å². The fourth-order valence-corrected chi connectivity index (χ4v) is 3.80. The Balaban J connectivity index is 1.78. The van der Waals surface area contributed by atoms with Gasteiger partial charge in [-0.2, -0.15) is 10.2 Å². The number of pyridine rings is 1. The summed E-state index contributed by atoms with van der Waals surface area (Å²) in [5.41, 5.74) is 2.84. The molecule has 0 radical (unpaired) electrons. The van der Waals surface area contributed by atoms with E-state index in [1.165, 1.54) is 10.5 Å². The topological polar surface area (TPSA) is 106 Å². The van der Waals surface area contributed by atoms with Gasteiger partial charge in [0.15, 0.2) is 0 Å². The van der Waals surface area contributed by atoms with Crippen molar-refractivity contribution in [2.75, 3.05) is 11.9 Å². The summed E-state index contributed by atoms with van der Waals surface area (Å²) in [5, 5.41) is 12.5. The van der Waals surface area contributed by atoms with Gasteiger partial charge in [0.1, 0.15) is 34.4 Å². The molecule has 186 valence electrons. The van der Waals surface area contributed by atoms with Crippen LogP contribution in [0.15, 0.2) is 71.2 Å². The number of fused-ring (bicyclic) bond motifs is 1. The van der Waals surface area contributed by atoms with Crippen LogP contribution in [0.5, 0.6) is 17.4 Å². The number of carbonyl (C=O) groups is 1. The molecule has 1 N–H and O–H groups in total. The quantitative estimate of drug-likeness (QED) is 0.274. The van der Waals surface area contributed by atoms with E-state index in [9.17, 15) is 14.9 Å². The van der Waals surface area contributed by atoms with Crippen molar-refractivity contribution in [1.82, 2.24) is 9.38 Å². The van der Waals surface area contributed by atoms with Crippen molar-refractivity contribution in [3.05, 3.63) is 99.0 Å². The van der Waals surface area contributed by atoms with E-state index in [2.05, 4.69) is 10.3 Å². The molecule has 1 amide bonds. The smallest absolute Gasteiger partial charge is 0.269 e. The lowest BCUT2D eigenvalue weighted by Gasteiger charge is -2.13. The fourth-order valence-electron chi connectivity index (χ4n) is 3.80. The number of aryl methyl sites for hydroxylation is 3. The van der Waals surface area contributed by atoms with Gasteiger partial charge in [0, 0.05) is 11.9 Å². The molecule has 2 heterocycles. The first-order valence-corrected chi connectivity index (χ1v) is 11.7. The minimum Gasteiger partial charge on any atom is -0.494 e. The second-order valence-corrected chi connectivity index (χ2v) is 8.47. The van der Waals surface area contributed by atoms with Gasteiger partial charge in [-0.1, -0.05) is 23.8 Å². The minimum absolute atomic E-state index is 0.00729. The van der Waals surface area contributed by atoms with E-state index >= 15 is 0 Å². The molecule has 0 aliphatic carbocycles. The number of carbonyl (C=O) groups excluding carboxylic acids is 1. The van der Waals surface area contributed by atoms with Crippen LogP contribution in [0, 0.1) is 32.1 Å². The Labute approximate surface area is 214 Å². The number of benzene rings is 2. The number of nitrogens with zero attached hydrogens (tertiary/aromatic N) is 3. The Morgan fingerprint density at radius 3 is 2.54 bits per heavy atom. The van der Waals surface area contributed by atoms with Crippen molar-refractivity contribution in [3.63, 3.8) is 0 Å². The van der Waals surface area contributed by atoms with E-state index in [0.717, 1.165) is 16.7 Å². The normalized spacial score (nSPS) is 11.2. The number of hydrogen-bond donors (Lipinski definition) is 1. The molecule has 0 aliphatic rings. The summed E-state index contributed by atoms with van der Waals surface area (Å²) in [4.78, 5) is 31.0. The minimum atomic E-state index is -0.669. The van der Waals surface area contributed by atoms with Crippen LogP contribution in [0.3, 0.4) is 0 Å². The summed E-state index contributed by atoms with van der Waals surface area (Å²) < 4.78 is 12.9. The monoisotopic (exact) mass is 494 g/mol. The van der Waals surface area contributed by atoms with Crippen molar-refractivity contribution in [3.8, 4) is 23.4 Å². The number of amides is 1. The number of ether oxygens (including phenoxy) is 2. The highest BCUT2D eigenvalue weighted by molar-refractivity contribution is 6.09. The molecule has 2 aromatic carbocycles. The predicted molar refractivity (Wildman–Crippen MR) is 142 cm³/mol. The van der Waals surface area contributed by atoms with Crippen molar-refractivity contribution < 1.29 is 14.3 Å². The lowest BCUT2D eigenvalue weighted by Crippen LogP contribution is -2.20. The zero-order valence-electron chi connectivity index (χ0n) is 21.0. The zero-order chi connectivity index (χ0) is 26.5. The van der Waals surface area contributed by atoms with Gasteiger partial charge in [-0.3, -0.25) is 14.0 Å². The van der Waals surface area contributed by atoms with Crippen LogP contribution < -0.4 is 20.3 Å². The Morgan fingerprint density at radius 1 is 1.11 bits per heavy atom. The van der Waals surface area contributed by atoms with E-state index in [4.69, 9.17) is 9.47 Å². The molecule has 4 aromatic rings. The van der Waals surface area contributed by atoms with Crippen molar-refractivity contribution in [1.29, 1.82) is 5.26 Å². The predicted octanol–water partition coefficient (Wildman–Crippen LogP) is 5.36. The molecule has 0 bridgehead atoms. The largest absolute Gasteiger partial charge is 0.494 e. The number of aromatic nitrogens is 2. The van der Waals surface area contributed by atoms with Gasteiger partial charge in [-0.15, -0.1) is 0 Å². The van der Waals surface area contributed by atoms with Crippen LogP contribution in [-0.2, 0) is 4.79 Å². The molecule has 0 saturated heterocycles. The van der Waals surface area contributed by atoms with Crippen LogP contribution in [0.1, 0.15) is 29.2 Å². The van der Waals surface area contributed by atoms with Gasteiger partial charge in [-0.25, -0.2) is 0 Å². The Bertz CT molecular complexity index is 1610. The molecule has 0 unspecified atom stereocenters. The summed E-state index contributed by atoms with van der Waals surface area (Å²) in [6.07, 6.45) is 2.80. The highest BCUT2D eigenvalue weighted by Gasteiger charge is 2.19. The fraction of sp³-hybridized carbons (Fsp3) is 0.172. The second kappa shape index (κ2) is 10.8. The average molecular weight is 495 g/mol. The SMILES string of the molecule is CCOc1ccc(NC(=O)C(C#N)=Cc2c(Oc3ccc(C)cc3C)nc3c(C)cccn3c2=O)cc1. The van der Waals surface area contributed by atoms with Crippen LogP contribution in [-0.4, -0.2) is 21.9 Å². The molecule has 0 spiro atoms. The molecule has 8 heteroatoms. The molecule has 8 nitrogen and oxygen atoms in total. The third-order valence-corrected chi connectivity index (χ3v) is 5.66. The molecule has 0 atom stereocenters. The third kappa shape index (κ3) is 5.52. The van der Waals surface area contributed by atoms with Crippen LogP contribution in [0.25, 0.3) is 11.7 Å². The van der Waals surface area contributed by atoms with Gasteiger partial charge < -0.3 is 14.8 Å². The number of rotatable bonds is 7. The van der Waals surface area contributed by atoms with Crippen molar-refractivity contribution >= 4 is 23.3 Å². The van der Waals surface area contributed by atoms with E-state index < -0.39 is 11.5 Å². The highest BCUT2D eigenvalue weighted by Crippen LogP contribution is 2.28. The summed E-state index contributed by atoms with van der Waals surface area (Å²) in [5.74, 6) is 0.517. The molecule has 0 fully saturated rings.